The molecule has 1 amide bonds. The van der Waals surface area contributed by atoms with Crippen LogP contribution in [0.4, 0.5) is 4.39 Å². The molecule has 5 heteroatoms. The van der Waals surface area contributed by atoms with Crippen LogP contribution >= 0.6 is 11.6 Å². The molecule has 1 aromatic carbocycles. The molecule has 1 aliphatic heterocycles. The van der Waals surface area contributed by atoms with Gasteiger partial charge in [-0.15, -0.1) is 11.6 Å². The fourth-order valence-corrected chi connectivity index (χ4v) is 1.65. The summed E-state index contributed by atoms with van der Waals surface area (Å²) in [6.07, 6.45) is 1.29. The van der Waals surface area contributed by atoms with Gasteiger partial charge in [-0.2, -0.15) is 0 Å². The average molecular weight is 242 g/mol. The van der Waals surface area contributed by atoms with E-state index in [9.17, 15) is 14.3 Å². The first-order chi connectivity index (χ1) is 7.58. The van der Waals surface area contributed by atoms with E-state index in [1.807, 2.05) is 0 Å². The van der Waals surface area contributed by atoms with Crippen molar-refractivity contribution in [1.82, 2.24) is 4.90 Å². The molecule has 0 saturated carbocycles. The molecule has 1 heterocycles. The molecule has 1 N–H and O–H groups in total. The first kappa shape index (κ1) is 11.0. The van der Waals surface area contributed by atoms with Crippen LogP contribution in [-0.2, 0) is 11.3 Å². The Balaban J connectivity index is 2.12. The van der Waals surface area contributed by atoms with Crippen LogP contribution < -0.4 is 0 Å². The highest BCUT2D eigenvalue weighted by molar-refractivity contribution is 6.33. The van der Waals surface area contributed by atoms with Gasteiger partial charge in [-0.25, -0.2) is 4.39 Å². The quantitative estimate of drug-likeness (QED) is 0.807. The van der Waals surface area contributed by atoms with Crippen molar-refractivity contribution >= 4 is 17.5 Å². The van der Waals surface area contributed by atoms with Crippen LogP contribution in [0, 0.1) is 5.82 Å². The highest BCUT2D eigenvalue weighted by Crippen LogP contribution is 2.21. The molecule has 0 aromatic heterocycles. The van der Waals surface area contributed by atoms with Crippen molar-refractivity contribution < 1.29 is 14.3 Å². The second-order valence-corrected chi connectivity index (χ2v) is 3.95. The van der Waals surface area contributed by atoms with Crippen LogP contribution in [0.1, 0.15) is 5.56 Å². The number of amides is 1. The number of hydrogen-bond donors (Lipinski definition) is 1. The van der Waals surface area contributed by atoms with Crippen molar-refractivity contribution in [3.63, 3.8) is 0 Å². The maximum absolute atomic E-state index is 12.6. The van der Waals surface area contributed by atoms with E-state index in [1.54, 1.807) is 12.1 Å². The molecule has 3 nitrogen and oxygen atoms in total. The summed E-state index contributed by atoms with van der Waals surface area (Å²) >= 11 is 5.63. The van der Waals surface area contributed by atoms with E-state index in [4.69, 9.17) is 11.6 Å². The maximum atomic E-state index is 12.6. The van der Waals surface area contributed by atoms with E-state index < -0.39 is 5.38 Å². The van der Waals surface area contributed by atoms with Crippen molar-refractivity contribution in [2.24, 2.45) is 0 Å². The van der Waals surface area contributed by atoms with Crippen LogP contribution in [0.3, 0.4) is 0 Å². The lowest BCUT2D eigenvalue weighted by atomic mass is 10.2. The third-order valence-corrected chi connectivity index (χ3v) is 2.72. The predicted molar refractivity (Wildman–Crippen MR) is 57.3 cm³/mol. The monoisotopic (exact) mass is 241 g/mol. The average Bonchev–Trinajstić information content (AvgIpc) is 2.50. The molecular formula is C11H9ClFNO2. The van der Waals surface area contributed by atoms with Gasteiger partial charge in [0, 0.05) is 6.20 Å². The minimum Gasteiger partial charge on any atom is -0.509 e. The van der Waals surface area contributed by atoms with Gasteiger partial charge < -0.3 is 10.0 Å². The number of aliphatic hydroxyl groups is 1. The van der Waals surface area contributed by atoms with Crippen molar-refractivity contribution in [3.05, 3.63) is 47.6 Å². The SMILES string of the molecule is O=C1C(Cl)C(O)=CN1Cc1ccc(F)cc1. The molecule has 16 heavy (non-hydrogen) atoms. The Bertz CT molecular complexity index is 444. The minimum atomic E-state index is -1.000. The summed E-state index contributed by atoms with van der Waals surface area (Å²) < 4.78 is 12.6. The number of aliphatic hydroxyl groups excluding tert-OH is 1. The highest BCUT2D eigenvalue weighted by Gasteiger charge is 2.31. The Kier molecular flexibility index (Phi) is 2.83. The number of nitrogens with zero attached hydrogens (tertiary/aromatic N) is 1. The summed E-state index contributed by atoms with van der Waals surface area (Å²) in [7, 11) is 0. The van der Waals surface area contributed by atoms with Crippen molar-refractivity contribution in [1.29, 1.82) is 0 Å². The zero-order chi connectivity index (χ0) is 11.7. The highest BCUT2D eigenvalue weighted by atomic mass is 35.5. The number of hydrogen-bond acceptors (Lipinski definition) is 2. The van der Waals surface area contributed by atoms with Gasteiger partial charge in [0.05, 0.1) is 6.54 Å². The maximum Gasteiger partial charge on any atom is 0.252 e. The van der Waals surface area contributed by atoms with Crippen molar-refractivity contribution in [3.8, 4) is 0 Å². The number of alkyl halides is 1. The Morgan fingerprint density at radius 1 is 1.38 bits per heavy atom. The smallest absolute Gasteiger partial charge is 0.252 e. The minimum absolute atomic E-state index is 0.159. The summed E-state index contributed by atoms with van der Waals surface area (Å²) in [5, 5.41) is 8.27. The summed E-state index contributed by atoms with van der Waals surface area (Å²) in [6, 6.07) is 5.79. The number of halogens is 2. The van der Waals surface area contributed by atoms with E-state index in [2.05, 4.69) is 0 Å². The van der Waals surface area contributed by atoms with Crippen molar-refractivity contribution in [2.75, 3.05) is 0 Å². The lowest BCUT2D eigenvalue weighted by Gasteiger charge is -2.13. The molecule has 0 spiro atoms. The molecule has 0 bridgehead atoms. The fourth-order valence-electron chi connectivity index (χ4n) is 1.47. The van der Waals surface area contributed by atoms with Crippen molar-refractivity contribution in [2.45, 2.75) is 11.9 Å². The fraction of sp³-hybridized carbons (Fsp3) is 0.182. The summed E-state index contributed by atoms with van der Waals surface area (Å²) in [5.74, 6) is -0.859. The molecule has 1 unspecified atom stereocenters. The lowest BCUT2D eigenvalue weighted by molar-refractivity contribution is -0.127. The Hall–Kier alpha value is -1.55. The molecule has 0 radical (unpaired) electrons. The molecule has 2 rings (SSSR count). The molecule has 0 saturated heterocycles. The second-order valence-electron chi connectivity index (χ2n) is 3.51. The number of carbonyl (C=O) groups is 1. The first-order valence-electron chi connectivity index (χ1n) is 4.67. The van der Waals surface area contributed by atoms with Gasteiger partial charge in [0.1, 0.15) is 11.6 Å². The zero-order valence-electron chi connectivity index (χ0n) is 8.23. The number of rotatable bonds is 2. The van der Waals surface area contributed by atoms with Gasteiger partial charge in [0.15, 0.2) is 5.38 Å². The number of carbonyl (C=O) groups excluding carboxylic acids is 1. The van der Waals surface area contributed by atoms with Gasteiger partial charge in [-0.05, 0) is 17.7 Å². The number of benzene rings is 1. The third kappa shape index (κ3) is 2.02. The molecular weight excluding hydrogens is 233 g/mol. The summed E-state index contributed by atoms with van der Waals surface area (Å²) in [5.41, 5.74) is 0.768. The zero-order valence-corrected chi connectivity index (χ0v) is 8.99. The van der Waals surface area contributed by atoms with Gasteiger partial charge in [-0.3, -0.25) is 4.79 Å². The van der Waals surface area contributed by atoms with Gasteiger partial charge in [0.2, 0.25) is 0 Å². The molecule has 84 valence electrons. The van der Waals surface area contributed by atoms with E-state index in [0.29, 0.717) is 0 Å². The molecule has 1 aliphatic rings. The molecule has 1 aromatic rings. The van der Waals surface area contributed by atoms with Gasteiger partial charge in [0.25, 0.3) is 5.91 Å². The van der Waals surface area contributed by atoms with Crippen LogP contribution in [0.15, 0.2) is 36.2 Å². The van der Waals surface area contributed by atoms with Crippen LogP contribution in [0.5, 0.6) is 0 Å². The van der Waals surface area contributed by atoms with E-state index in [1.165, 1.54) is 23.2 Å². The van der Waals surface area contributed by atoms with Gasteiger partial charge >= 0.3 is 0 Å². The second kappa shape index (κ2) is 4.14. The predicted octanol–water partition coefficient (Wildman–Crippen LogP) is 2.17. The Labute approximate surface area is 96.7 Å². The van der Waals surface area contributed by atoms with E-state index in [0.717, 1.165) is 5.56 Å². The molecule has 1 atom stereocenters. The van der Waals surface area contributed by atoms with E-state index >= 15 is 0 Å². The third-order valence-electron chi connectivity index (χ3n) is 2.31. The van der Waals surface area contributed by atoms with E-state index in [-0.39, 0.29) is 24.0 Å². The van der Waals surface area contributed by atoms with Crippen LogP contribution in [0.2, 0.25) is 0 Å². The Morgan fingerprint density at radius 3 is 2.50 bits per heavy atom. The summed E-state index contributed by atoms with van der Waals surface area (Å²) in [4.78, 5) is 12.8. The van der Waals surface area contributed by atoms with Crippen LogP contribution in [0.25, 0.3) is 0 Å². The topological polar surface area (TPSA) is 40.5 Å². The normalized spacial score (nSPS) is 20.1. The summed E-state index contributed by atoms with van der Waals surface area (Å²) in [6.45, 7) is 0.270. The largest absolute Gasteiger partial charge is 0.509 e. The molecule has 0 fully saturated rings. The lowest BCUT2D eigenvalue weighted by Crippen LogP contribution is -2.26. The molecule has 0 aliphatic carbocycles. The van der Waals surface area contributed by atoms with Gasteiger partial charge in [-0.1, -0.05) is 12.1 Å². The first-order valence-corrected chi connectivity index (χ1v) is 5.11. The Morgan fingerprint density at radius 2 is 2.00 bits per heavy atom. The van der Waals surface area contributed by atoms with Crippen LogP contribution in [-0.4, -0.2) is 21.3 Å². The standard InChI is InChI=1S/C11H9ClFNO2/c12-10-9(15)6-14(11(10)16)5-7-1-3-8(13)4-2-7/h1-4,6,10,15H,5H2.